The van der Waals surface area contributed by atoms with E-state index in [1.165, 1.54) is 17.3 Å². The van der Waals surface area contributed by atoms with Crippen LogP contribution in [0.4, 0.5) is 10.7 Å². The molecule has 0 radical (unpaired) electrons. The maximum atomic E-state index is 12.0. The summed E-state index contributed by atoms with van der Waals surface area (Å²) < 4.78 is 5.31. The number of hydrogen-bond donors (Lipinski definition) is 2. The summed E-state index contributed by atoms with van der Waals surface area (Å²) in [4.78, 5) is 21.6. The van der Waals surface area contributed by atoms with E-state index in [0.717, 1.165) is 0 Å². The number of nitrogens with zero attached hydrogens (tertiary/aromatic N) is 3. The highest BCUT2D eigenvalue weighted by molar-refractivity contribution is 6.30. The number of piperidine rings is 1. The second kappa shape index (κ2) is 6.66. The maximum absolute atomic E-state index is 12.0. The fraction of sp³-hybridized carbons (Fsp3) is 0.643. The summed E-state index contributed by atoms with van der Waals surface area (Å²) in [5.41, 5.74) is -0.547. The van der Waals surface area contributed by atoms with Crippen LogP contribution >= 0.6 is 11.6 Å². The summed E-state index contributed by atoms with van der Waals surface area (Å²) in [7, 11) is 0. The van der Waals surface area contributed by atoms with Gasteiger partial charge in [0.2, 0.25) is 5.95 Å². The van der Waals surface area contributed by atoms with Crippen molar-refractivity contribution in [2.75, 3.05) is 18.4 Å². The Morgan fingerprint density at radius 1 is 1.45 bits per heavy atom. The summed E-state index contributed by atoms with van der Waals surface area (Å²) in [5.74, 6) is 0.402. The number of hydrogen-bond acceptors (Lipinski definition) is 6. The van der Waals surface area contributed by atoms with Crippen molar-refractivity contribution in [1.82, 2.24) is 14.9 Å². The zero-order valence-corrected chi connectivity index (χ0v) is 13.7. The Kier molecular flexibility index (Phi) is 5.08. The Morgan fingerprint density at radius 2 is 2.09 bits per heavy atom. The third-order valence-corrected chi connectivity index (χ3v) is 3.36. The van der Waals surface area contributed by atoms with Crippen LogP contribution in [0.3, 0.4) is 0 Å². The molecule has 1 fully saturated rings. The number of β-amino-alcohol motifs (C(OH)–C–C–N with tert-alkyl or cyclic N) is 1. The Balaban J connectivity index is 1.90. The first kappa shape index (κ1) is 16.8. The average Bonchev–Trinajstić information content (AvgIpc) is 2.41. The molecule has 2 N–H and O–H groups in total. The van der Waals surface area contributed by atoms with Gasteiger partial charge in [0.15, 0.2) is 0 Å². The molecule has 0 unspecified atom stereocenters. The first-order chi connectivity index (χ1) is 10.2. The van der Waals surface area contributed by atoms with Crippen LogP contribution in [0, 0.1) is 0 Å². The zero-order chi connectivity index (χ0) is 16.3. The summed E-state index contributed by atoms with van der Waals surface area (Å²) in [6, 6.07) is -0.222. The minimum absolute atomic E-state index is 0.209. The molecule has 0 spiro atoms. The van der Waals surface area contributed by atoms with Gasteiger partial charge in [-0.05, 0) is 27.2 Å². The van der Waals surface area contributed by atoms with E-state index in [-0.39, 0.29) is 12.6 Å². The molecule has 22 heavy (non-hydrogen) atoms. The topological polar surface area (TPSA) is 87.6 Å². The molecule has 1 aliphatic rings. The van der Waals surface area contributed by atoms with Crippen LogP contribution in [0.1, 0.15) is 27.2 Å². The summed E-state index contributed by atoms with van der Waals surface area (Å²) >= 11 is 5.73. The molecule has 0 aliphatic carbocycles. The van der Waals surface area contributed by atoms with E-state index in [9.17, 15) is 9.90 Å². The van der Waals surface area contributed by atoms with E-state index in [0.29, 0.717) is 23.9 Å². The molecule has 2 rings (SSSR count). The van der Waals surface area contributed by atoms with Crippen LogP contribution in [0.5, 0.6) is 0 Å². The monoisotopic (exact) mass is 328 g/mol. The molecular formula is C14H21ClN4O3. The number of rotatable bonds is 2. The van der Waals surface area contributed by atoms with E-state index in [4.69, 9.17) is 16.3 Å². The fourth-order valence-corrected chi connectivity index (χ4v) is 2.24. The highest BCUT2D eigenvalue weighted by atomic mass is 35.5. The molecular weight excluding hydrogens is 308 g/mol. The molecule has 0 bridgehead atoms. The van der Waals surface area contributed by atoms with Gasteiger partial charge in [-0.3, -0.25) is 0 Å². The summed E-state index contributed by atoms with van der Waals surface area (Å²) in [6.07, 6.45) is 2.42. The first-order valence-electron chi connectivity index (χ1n) is 7.15. The number of likely N-dealkylation sites (tertiary alicyclic amines) is 1. The molecule has 0 aromatic carbocycles. The molecule has 2 heterocycles. The number of carbonyl (C=O) groups excluding carboxylic acids is 1. The Bertz CT molecular complexity index is 518. The van der Waals surface area contributed by atoms with Crippen LogP contribution in [-0.2, 0) is 4.74 Å². The van der Waals surface area contributed by atoms with Gasteiger partial charge in [-0.15, -0.1) is 0 Å². The van der Waals surface area contributed by atoms with Crippen molar-refractivity contribution in [1.29, 1.82) is 0 Å². The number of aromatic nitrogens is 2. The Hall–Kier alpha value is -1.60. The second-order valence-corrected chi connectivity index (χ2v) is 6.69. The fourth-order valence-electron chi connectivity index (χ4n) is 2.14. The van der Waals surface area contributed by atoms with Gasteiger partial charge < -0.3 is 20.1 Å². The van der Waals surface area contributed by atoms with Crippen LogP contribution < -0.4 is 5.32 Å². The van der Waals surface area contributed by atoms with E-state index in [1.807, 2.05) is 20.8 Å². The molecule has 2 atom stereocenters. The van der Waals surface area contributed by atoms with E-state index >= 15 is 0 Å². The minimum Gasteiger partial charge on any atom is -0.444 e. The third-order valence-electron chi connectivity index (χ3n) is 3.17. The molecule has 1 amide bonds. The summed E-state index contributed by atoms with van der Waals surface area (Å²) in [5, 5.41) is 13.7. The number of halogens is 1. The Morgan fingerprint density at radius 3 is 2.64 bits per heavy atom. The minimum atomic E-state index is -0.722. The van der Waals surface area contributed by atoms with E-state index in [1.54, 1.807) is 0 Å². The lowest BCUT2D eigenvalue weighted by Gasteiger charge is -2.36. The SMILES string of the molecule is CC(C)(C)OC(=O)N1CC[C@@H](Nc2ncc(Cl)cn2)[C@H](O)C1. The van der Waals surface area contributed by atoms with Crippen molar-refractivity contribution in [2.24, 2.45) is 0 Å². The van der Waals surface area contributed by atoms with Gasteiger partial charge in [-0.25, -0.2) is 14.8 Å². The quantitative estimate of drug-likeness (QED) is 0.862. The predicted molar refractivity (Wildman–Crippen MR) is 82.9 cm³/mol. The van der Waals surface area contributed by atoms with Crippen LogP contribution in [0.15, 0.2) is 12.4 Å². The smallest absolute Gasteiger partial charge is 0.410 e. The number of aliphatic hydroxyl groups is 1. The summed E-state index contributed by atoms with van der Waals surface area (Å²) in [6.45, 7) is 6.14. The average molecular weight is 329 g/mol. The van der Waals surface area contributed by atoms with Crippen LogP contribution in [0.2, 0.25) is 5.02 Å². The molecule has 0 saturated carbocycles. The predicted octanol–water partition coefficient (Wildman–Crippen LogP) is 1.91. The maximum Gasteiger partial charge on any atom is 0.410 e. The lowest BCUT2D eigenvalue weighted by molar-refractivity contribution is 0.00113. The normalized spacial score (nSPS) is 22.3. The highest BCUT2D eigenvalue weighted by Crippen LogP contribution is 2.18. The number of nitrogens with one attached hydrogen (secondary N) is 1. The molecule has 1 aliphatic heterocycles. The number of carbonyl (C=O) groups is 1. The number of anilines is 1. The number of ether oxygens (including phenoxy) is 1. The van der Waals surface area contributed by atoms with Crippen molar-refractivity contribution >= 4 is 23.6 Å². The lowest BCUT2D eigenvalue weighted by atomic mass is 10.0. The Labute approximate surface area is 134 Å². The van der Waals surface area contributed by atoms with Gasteiger partial charge in [-0.1, -0.05) is 11.6 Å². The number of aliphatic hydroxyl groups excluding tert-OH is 1. The largest absolute Gasteiger partial charge is 0.444 e. The number of amides is 1. The molecule has 1 aromatic heterocycles. The molecule has 7 nitrogen and oxygen atoms in total. The van der Waals surface area contributed by atoms with Crippen molar-refractivity contribution in [3.05, 3.63) is 17.4 Å². The van der Waals surface area contributed by atoms with Crippen molar-refractivity contribution in [3.8, 4) is 0 Å². The van der Waals surface area contributed by atoms with Crippen molar-refractivity contribution in [3.63, 3.8) is 0 Å². The van der Waals surface area contributed by atoms with Crippen LogP contribution in [-0.4, -0.2) is 56.9 Å². The molecule has 1 aromatic rings. The van der Waals surface area contributed by atoms with E-state index < -0.39 is 17.8 Å². The molecule has 122 valence electrons. The van der Waals surface area contributed by atoms with Gasteiger partial charge in [0.25, 0.3) is 0 Å². The highest BCUT2D eigenvalue weighted by Gasteiger charge is 2.32. The van der Waals surface area contributed by atoms with Gasteiger partial charge in [0.1, 0.15) is 5.60 Å². The van der Waals surface area contributed by atoms with Gasteiger partial charge in [0, 0.05) is 6.54 Å². The zero-order valence-electron chi connectivity index (χ0n) is 12.9. The van der Waals surface area contributed by atoms with E-state index in [2.05, 4.69) is 15.3 Å². The van der Waals surface area contributed by atoms with Crippen molar-refractivity contribution in [2.45, 2.75) is 44.9 Å². The van der Waals surface area contributed by atoms with Gasteiger partial charge in [0.05, 0.1) is 36.1 Å². The van der Waals surface area contributed by atoms with Gasteiger partial charge in [-0.2, -0.15) is 0 Å². The van der Waals surface area contributed by atoms with Crippen molar-refractivity contribution < 1.29 is 14.6 Å². The van der Waals surface area contributed by atoms with Crippen LogP contribution in [0.25, 0.3) is 0 Å². The third kappa shape index (κ3) is 4.71. The standard InChI is InChI=1S/C14H21ClN4O3/c1-14(2,3)22-13(21)19-5-4-10(11(20)8-19)18-12-16-6-9(15)7-17-12/h6-7,10-11,20H,4-5,8H2,1-3H3,(H,16,17,18)/t10-,11-/m1/s1. The first-order valence-corrected chi connectivity index (χ1v) is 7.52. The molecule has 1 saturated heterocycles. The van der Waals surface area contributed by atoms with Gasteiger partial charge >= 0.3 is 6.09 Å². The second-order valence-electron chi connectivity index (χ2n) is 6.26. The lowest BCUT2D eigenvalue weighted by Crippen LogP contribution is -2.52. The molecule has 8 heteroatoms.